The number of benzene rings is 1. The minimum absolute atomic E-state index is 0.0724. The van der Waals surface area contributed by atoms with E-state index in [1.807, 2.05) is 31.2 Å². The maximum atomic E-state index is 10.8. The van der Waals surface area contributed by atoms with Crippen molar-refractivity contribution in [3.8, 4) is 5.75 Å². The van der Waals surface area contributed by atoms with E-state index in [-0.39, 0.29) is 12.0 Å². The molecule has 112 valence electrons. The Morgan fingerprint density at radius 3 is 2.60 bits per heavy atom. The van der Waals surface area contributed by atoms with Crippen molar-refractivity contribution in [2.75, 3.05) is 13.2 Å². The van der Waals surface area contributed by atoms with Crippen molar-refractivity contribution in [3.05, 3.63) is 29.8 Å². The molecule has 4 nitrogen and oxygen atoms in total. The Labute approximate surface area is 121 Å². The van der Waals surface area contributed by atoms with Gasteiger partial charge in [-0.1, -0.05) is 12.1 Å². The summed E-state index contributed by atoms with van der Waals surface area (Å²) in [6.45, 7) is 10.2. The Hall–Kier alpha value is -1.55. The summed E-state index contributed by atoms with van der Waals surface area (Å²) in [5.41, 5.74) is 1.06. The summed E-state index contributed by atoms with van der Waals surface area (Å²) in [5.74, 6) is 0.0967. The summed E-state index contributed by atoms with van der Waals surface area (Å²) in [4.78, 5) is 12.9. The van der Waals surface area contributed by atoms with Crippen molar-refractivity contribution in [3.63, 3.8) is 0 Å². The van der Waals surface area contributed by atoms with Crippen LogP contribution >= 0.6 is 0 Å². The number of nitrogens with zero attached hydrogens (tertiary/aromatic N) is 1. The minimum atomic E-state index is -0.762. The van der Waals surface area contributed by atoms with Crippen LogP contribution in [0.5, 0.6) is 5.75 Å². The summed E-state index contributed by atoms with van der Waals surface area (Å²) in [5, 5.41) is 8.86. The standard InChI is InChI=1S/C16H25NO3/c1-5-20-14-8-6-7-13(11-14)12-17(16(2,3)4)10-9-15(18)19/h6-8,11H,5,9-10,12H2,1-4H3,(H,18,19). The van der Waals surface area contributed by atoms with Crippen molar-refractivity contribution in [1.82, 2.24) is 4.90 Å². The Kier molecular flexibility index (Phi) is 6.02. The van der Waals surface area contributed by atoms with E-state index < -0.39 is 5.97 Å². The van der Waals surface area contributed by atoms with Crippen LogP contribution in [-0.4, -0.2) is 34.7 Å². The number of carboxylic acids is 1. The van der Waals surface area contributed by atoms with Gasteiger partial charge < -0.3 is 9.84 Å². The second-order valence-corrected chi connectivity index (χ2v) is 5.82. The Balaban J connectivity index is 2.78. The van der Waals surface area contributed by atoms with Gasteiger partial charge in [0, 0.05) is 18.6 Å². The second kappa shape index (κ2) is 7.29. The van der Waals surface area contributed by atoms with E-state index in [2.05, 4.69) is 25.7 Å². The smallest absolute Gasteiger partial charge is 0.304 e. The first-order valence-electron chi connectivity index (χ1n) is 7.01. The van der Waals surface area contributed by atoms with Crippen molar-refractivity contribution >= 4 is 5.97 Å². The number of aliphatic carboxylic acids is 1. The number of hydrogen-bond donors (Lipinski definition) is 1. The highest BCUT2D eigenvalue weighted by atomic mass is 16.5. The van der Waals surface area contributed by atoms with E-state index in [1.54, 1.807) is 0 Å². The SMILES string of the molecule is CCOc1cccc(CN(CCC(=O)O)C(C)(C)C)c1. The molecule has 1 rings (SSSR count). The molecule has 20 heavy (non-hydrogen) atoms. The molecular formula is C16H25NO3. The average molecular weight is 279 g/mol. The number of carboxylic acid groups (broad SMARTS) is 1. The normalized spacial score (nSPS) is 11.7. The van der Waals surface area contributed by atoms with Crippen LogP contribution in [0, 0.1) is 0 Å². The van der Waals surface area contributed by atoms with Crippen molar-refractivity contribution in [2.45, 2.75) is 46.2 Å². The molecule has 0 radical (unpaired) electrons. The van der Waals surface area contributed by atoms with Gasteiger partial charge in [-0.3, -0.25) is 9.69 Å². The van der Waals surface area contributed by atoms with Gasteiger partial charge in [0.1, 0.15) is 5.75 Å². The number of hydrogen-bond acceptors (Lipinski definition) is 3. The Morgan fingerprint density at radius 1 is 1.35 bits per heavy atom. The maximum absolute atomic E-state index is 10.8. The zero-order valence-electron chi connectivity index (χ0n) is 12.8. The maximum Gasteiger partial charge on any atom is 0.304 e. The lowest BCUT2D eigenvalue weighted by Gasteiger charge is -2.35. The molecule has 0 aromatic heterocycles. The fourth-order valence-corrected chi connectivity index (χ4v) is 2.00. The molecule has 4 heteroatoms. The van der Waals surface area contributed by atoms with Gasteiger partial charge in [-0.15, -0.1) is 0 Å². The fourth-order valence-electron chi connectivity index (χ4n) is 2.00. The van der Waals surface area contributed by atoms with E-state index in [1.165, 1.54) is 0 Å². The summed E-state index contributed by atoms with van der Waals surface area (Å²) < 4.78 is 5.50. The largest absolute Gasteiger partial charge is 0.494 e. The van der Waals surface area contributed by atoms with Gasteiger partial charge in [-0.2, -0.15) is 0 Å². The Morgan fingerprint density at radius 2 is 2.05 bits per heavy atom. The molecule has 0 spiro atoms. The summed E-state index contributed by atoms with van der Waals surface area (Å²) in [6, 6.07) is 7.97. The summed E-state index contributed by atoms with van der Waals surface area (Å²) in [6.07, 6.45) is 0.155. The van der Waals surface area contributed by atoms with Gasteiger partial charge in [0.25, 0.3) is 0 Å². The lowest BCUT2D eigenvalue weighted by molar-refractivity contribution is -0.137. The van der Waals surface area contributed by atoms with Crippen molar-refractivity contribution in [1.29, 1.82) is 0 Å². The Bertz CT molecular complexity index is 438. The van der Waals surface area contributed by atoms with E-state index in [4.69, 9.17) is 9.84 Å². The number of carbonyl (C=O) groups is 1. The van der Waals surface area contributed by atoms with E-state index >= 15 is 0 Å². The van der Waals surface area contributed by atoms with E-state index in [0.717, 1.165) is 17.9 Å². The summed E-state index contributed by atoms with van der Waals surface area (Å²) in [7, 11) is 0. The van der Waals surface area contributed by atoms with E-state index in [0.29, 0.717) is 13.2 Å². The van der Waals surface area contributed by atoms with Crippen LogP contribution in [0.2, 0.25) is 0 Å². The number of ether oxygens (including phenoxy) is 1. The lowest BCUT2D eigenvalue weighted by Crippen LogP contribution is -2.42. The third kappa shape index (κ3) is 5.61. The van der Waals surface area contributed by atoms with Crippen LogP contribution in [0.15, 0.2) is 24.3 Å². The average Bonchev–Trinajstić information content (AvgIpc) is 2.33. The molecule has 0 aliphatic rings. The van der Waals surface area contributed by atoms with Gasteiger partial charge in [0.15, 0.2) is 0 Å². The zero-order valence-corrected chi connectivity index (χ0v) is 12.8. The van der Waals surface area contributed by atoms with Gasteiger partial charge in [0.05, 0.1) is 13.0 Å². The topological polar surface area (TPSA) is 49.8 Å². The van der Waals surface area contributed by atoms with Crippen molar-refractivity contribution in [2.24, 2.45) is 0 Å². The molecule has 1 aromatic carbocycles. The fraction of sp³-hybridized carbons (Fsp3) is 0.562. The first-order chi connectivity index (χ1) is 9.32. The molecule has 0 heterocycles. The van der Waals surface area contributed by atoms with Crippen molar-refractivity contribution < 1.29 is 14.6 Å². The highest BCUT2D eigenvalue weighted by molar-refractivity contribution is 5.66. The monoisotopic (exact) mass is 279 g/mol. The first-order valence-corrected chi connectivity index (χ1v) is 7.01. The van der Waals surface area contributed by atoms with Crippen LogP contribution in [0.4, 0.5) is 0 Å². The highest BCUT2D eigenvalue weighted by Crippen LogP contribution is 2.20. The molecule has 0 saturated carbocycles. The molecule has 0 unspecified atom stereocenters. The zero-order chi connectivity index (χ0) is 15.2. The molecule has 0 aliphatic heterocycles. The van der Waals surface area contributed by atoms with Crippen LogP contribution < -0.4 is 4.74 Å². The first kappa shape index (κ1) is 16.5. The minimum Gasteiger partial charge on any atom is -0.494 e. The molecule has 0 amide bonds. The van der Waals surface area contributed by atoms with Gasteiger partial charge in [0.2, 0.25) is 0 Å². The third-order valence-electron chi connectivity index (χ3n) is 3.13. The molecule has 1 N–H and O–H groups in total. The molecule has 0 aliphatic carbocycles. The quantitative estimate of drug-likeness (QED) is 0.833. The molecule has 0 bridgehead atoms. The lowest BCUT2D eigenvalue weighted by atomic mass is 10.0. The molecule has 1 aromatic rings. The third-order valence-corrected chi connectivity index (χ3v) is 3.13. The highest BCUT2D eigenvalue weighted by Gasteiger charge is 2.22. The van der Waals surface area contributed by atoms with Crippen LogP contribution in [0.1, 0.15) is 39.7 Å². The predicted molar refractivity (Wildman–Crippen MR) is 80.0 cm³/mol. The van der Waals surface area contributed by atoms with Gasteiger partial charge in [-0.05, 0) is 45.4 Å². The molecule has 0 saturated heterocycles. The van der Waals surface area contributed by atoms with Gasteiger partial charge in [-0.25, -0.2) is 0 Å². The molecule has 0 fully saturated rings. The van der Waals surface area contributed by atoms with Crippen LogP contribution in [0.3, 0.4) is 0 Å². The summed E-state index contributed by atoms with van der Waals surface area (Å²) >= 11 is 0. The second-order valence-electron chi connectivity index (χ2n) is 5.82. The van der Waals surface area contributed by atoms with E-state index in [9.17, 15) is 4.79 Å². The van der Waals surface area contributed by atoms with Crippen LogP contribution in [0.25, 0.3) is 0 Å². The molecular weight excluding hydrogens is 254 g/mol. The van der Waals surface area contributed by atoms with Crippen LogP contribution in [-0.2, 0) is 11.3 Å². The number of rotatable bonds is 7. The predicted octanol–water partition coefficient (Wildman–Crippen LogP) is 3.16. The molecule has 0 atom stereocenters. The van der Waals surface area contributed by atoms with Gasteiger partial charge >= 0.3 is 5.97 Å².